The van der Waals surface area contributed by atoms with Crippen molar-refractivity contribution in [3.05, 3.63) is 48.3 Å². The molecular formula is C13H13FN2O2S. The zero-order valence-corrected chi connectivity index (χ0v) is 10.9. The summed E-state index contributed by atoms with van der Waals surface area (Å²) in [4.78, 5) is 4.05. The SMILES string of the molecule is NC/C=C(\F)CS(=O)(=O)c1ccc2ccccc2n1. The third-order valence-corrected chi connectivity index (χ3v) is 4.08. The van der Waals surface area contributed by atoms with Crippen molar-refractivity contribution in [1.82, 2.24) is 4.98 Å². The zero-order valence-electron chi connectivity index (χ0n) is 10.1. The number of benzene rings is 1. The molecule has 0 spiro atoms. The maximum Gasteiger partial charge on any atom is 0.202 e. The first-order chi connectivity index (χ1) is 9.03. The highest BCUT2D eigenvalue weighted by atomic mass is 32.2. The van der Waals surface area contributed by atoms with Crippen molar-refractivity contribution in [1.29, 1.82) is 0 Å². The summed E-state index contributed by atoms with van der Waals surface area (Å²) >= 11 is 0. The van der Waals surface area contributed by atoms with Crippen molar-refractivity contribution in [3.8, 4) is 0 Å². The molecule has 0 bridgehead atoms. The van der Waals surface area contributed by atoms with E-state index in [0.717, 1.165) is 11.5 Å². The number of nitrogens with two attached hydrogens (primary N) is 1. The van der Waals surface area contributed by atoms with Crippen molar-refractivity contribution in [3.63, 3.8) is 0 Å². The largest absolute Gasteiger partial charge is 0.327 e. The number of para-hydroxylation sites is 1. The first-order valence-corrected chi connectivity index (χ1v) is 7.31. The van der Waals surface area contributed by atoms with Gasteiger partial charge < -0.3 is 5.73 Å². The zero-order chi connectivity index (χ0) is 13.9. The monoisotopic (exact) mass is 280 g/mol. The third-order valence-electron chi connectivity index (χ3n) is 2.56. The van der Waals surface area contributed by atoms with E-state index in [2.05, 4.69) is 4.98 Å². The van der Waals surface area contributed by atoms with E-state index in [0.29, 0.717) is 5.52 Å². The standard InChI is InChI=1S/C13H13FN2O2S/c14-11(7-8-15)9-19(17,18)13-6-5-10-3-1-2-4-12(10)16-13/h1-7H,8-9,15H2/b11-7-. The Morgan fingerprint density at radius 3 is 2.74 bits per heavy atom. The molecule has 0 fully saturated rings. The molecule has 1 aromatic heterocycles. The van der Waals surface area contributed by atoms with Gasteiger partial charge in [-0.2, -0.15) is 0 Å². The Morgan fingerprint density at radius 2 is 2.00 bits per heavy atom. The van der Waals surface area contributed by atoms with Crippen LogP contribution in [0.25, 0.3) is 10.9 Å². The lowest BCUT2D eigenvalue weighted by atomic mass is 10.2. The third kappa shape index (κ3) is 3.15. The van der Waals surface area contributed by atoms with Gasteiger partial charge in [0.15, 0.2) is 5.03 Å². The molecule has 6 heteroatoms. The lowest BCUT2D eigenvalue weighted by Crippen LogP contribution is -2.10. The van der Waals surface area contributed by atoms with Gasteiger partial charge in [-0.3, -0.25) is 0 Å². The second kappa shape index (κ2) is 5.46. The quantitative estimate of drug-likeness (QED) is 0.927. The van der Waals surface area contributed by atoms with E-state index < -0.39 is 21.4 Å². The van der Waals surface area contributed by atoms with Gasteiger partial charge in [0.2, 0.25) is 9.84 Å². The molecule has 0 aliphatic heterocycles. The van der Waals surface area contributed by atoms with Crippen LogP contribution in [-0.2, 0) is 9.84 Å². The van der Waals surface area contributed by atoms with Crippen molar-refractivity contribution in [2.45, 2.75) is 5.03 Å². The number of hydrogen-bond donors (Lipinski definition) is 1. The van der Waals surface area contributed by atoms with Gasteiger partial charge >= 0.3 is 0 Å². The van der Waals surface area contributed by atoms with Crippen molar-refractivity contribution >= 4 is 20.7 Å². The van der Waals surface area contributed by atoms with Crippen LogP contribution in [0.3, 0.4) is 0 Å². The summed E-state index contributed by atoms with van der Waals surface area (Å²) in [6, 6.07) is 10.2. The van der Waals surface area contributed by atoms with Gasteiger partial charge in [-0.25, -0.2) is 17.8 Å². The molecule has 19 heavy (non-hydrogen) atoms. The molecule has 2 N–H and O–H groups in total. The molecule has 0 unspecified atom stereocenters. The van der Waals surface area contributed by atoms with E-state index in [4.69, 9.17) is 5.73 Å². The Kier molecular flexibility index (Phi) is 3.92. The number of pyridine rings is 1. The van der Waals surface area contributed by atoms with E-state index in [9.17, 15) is 12.8 Å². The van der Waals surface area contributed by atoms with Crippen LogP contribution in [0, 0.1) is 0 Å². The van der Waals surface area contributed by atoms with Gasteiger partial charge in [0.05, 0.1) is 5.52 Å². The summed E-state index contributed by atoms with van der Waals surface area (Å²) in [5.41, 5.74) is 5.70. The van der Waals surface area contributed by atoms with E-state index in [-0.39, 0.29) is 11.6 Å². The molecule has 0 radical (unpaired) electrons. The fraction of sp³-hybridized carbons (Fsp3) is 0.154. The number of hydrogen-bond acceptors (Lipinski definition) is 4. The summed E-state index contributed by atoms with van der Waals surface area (Å²) in [7, 11) is -3.78. The van der Waals surface area contributed by atoms with Gasteiger partial charge in [0.1, 0.15) is 11.6 Å². The molecular weight excluding hydrogens is 267 g/mol. The summed E-state index contributed by atoms with van der Waals surface area (Å²) in [5, 5.41) is 0.700. The number of sulfone groups is 1. The highest BCUT2D eigenvalue weighted by Crippen LogP contribution is 2.17. The van der Waals surface area contributed by atoms with Crippen LogP contribution in [0.4, 0.5) is 4.39 Å². The minimum atomic E-state index is -3.78. The fourth-order valence-corrected chi connectivity index (χ4v) is 2.80. The molecule has 0 atom stereocenters. The van der Waals surface area contributed by atoms with Crippen molar-refractivity contribution < 1.29 is 12.8 Å². The number of rotatable bonds is 4. The van der Waals surface area contributed by atoms with E-state index in [1.54, 1.807) is 18.2 Å². The topological polar surface area (TPSA) is 73.1 Å². The van der Waals surface area contributed by atoms with Gasteiger partial charge in [-0.05, 0) is 24.3 Å². The predicted molar refractivity (Wildman–Crippen MR) is 72.0 cm³/mol. The fourth-order valence-electron chi connectivity index (χ4n) is 1.66. The van der Waals surface area contributed by atoms with Crippen LogP contribution in [0.5, 0.6) is 0 Å². The van der Waals surface area contributed by atoms with E-state index >= 15 is 0 Å². The number of halogens is 1. The first-order valence-electron chi connectivity index (χ1n) is 5.66. The highest BCUT2D eigenvalue weighted by molar-refractivity contribution is 7.91. The Labute approximate surface area is 110 Å². The summed E-state index contributed by atoms with van der Waals surface area (Å²) in [6.07, 6.45) is 1.04. The number of fused-ring (bicyclic) bond motifs is 1. The number of nitrogens with zero attached hydrogens (tertiary/aromatic N) is 1. The van der Waals surface area contributed by atoms with Crippen LogP contribution in [0.2, 0.25) is 0 Å². The van der Waals surface area contributed by atoms with Crippen LogP contribution in [-0.4, -0.2) is 25.7 Å². The van der Waals surface area contributed by atoms with E-state index in [1.165, 1.54) is 6.07 Å². The van der Waals surface area contributed by atoms with Gasteiger partial charge in [0, 0.05) is 11.9 Å². The van der Waals surface area contributed by atoms with Crippen LogP contribution in [0.1, 0.15) is 0 Å². The Hall–Kier alpha value is -1.79. The second-order valence-electron chi connectivity index (χ2n) is 3.99. The normalized spacial score (nSPS) is 12.8. The molecule has 4 nitrogen and oxygen atoms in total. The molecule has 100 valence electrons. The van der Waals surface area contributed by atoms with Crippen molar-refractivity contribution in [2.75, 3.05) is 12.3 Å². The summed E-state index contributed by atoms with van der Waals surface area (Å²) in [5.74, 6) is -1.48. The Bertz CT molecular complexity index is 726. The smallest absolute Gasteiger partial charge is 0.202 e. The minimum Gasteiger partial charge on any atom is -0.327 e. The average molecular weight is 280 g/mol. The van der Waals surface area contributed by atoms with Crippen LogP contribution >= 0.6 is 0 Å². The van der Waals surface area contributed by atoms with E-state index in [1.807, 2.05) is 12.1 Å². The van der Waals surface area contributed by atoms with Crippen molar-refractivity contribution in [2.24, 2.45) is 5.73 Å². The highest BCUT2D eigenvalue weighted by Gasteiger charge is 2.18. The van der Waals surface area contributed by atoms with Crippen LogP contribution < -0.4 is 5.73 Å². The van der Waals surface area contributed by atoms with Gasteiger partial charge in [-0.15, -0.1) is 0 Å². The average Bonchev–Trinajstić information content (AvgIpc) is 2.37. The van der Waals surface area contributed by atoms with Gasteiger partial charge in [-0.1, -0.05) is 18.2 Å². The molecule has 0 saturated carbocycles. The lowest BCUT2D eigenvalue weighted by Gasteiger charge is -2.04. The predicted octanol–water partition coefficient (Wildman–Crippen LogP) is 1.82. The molecule has 2 aromatic rings. The van der Waals surface area contributed by atoms with Crippen LogP contribution in [0.15, 0.2) is 53.3 Å². The Morgan fingerprint density at radius 1 is 1.26 bits per heavy atom. The molecule has 2 rings (SSSR count). The summed E-state index contributed by atoms with van der Waals surface area (Å²) in [6.45, 7) is -0.0352. The maximum absolute atomic E-state index is 13.3. The number of aromatic nitrogens is 1. The minimum absolute atomic E-state index is 0.0352. The summed E-state index contributed by atoms with van der Waals surface area (Å²) < 4.78 is 37.2. The molecule has 1 heterocycles. The molecule has 0 amide bonds. The second-order valence-corrected chi connectivity index (χ2v) is 5.92. The molecule has 0 aliphatic carbocycles. The molecule has 0 aliphatic rings. The maximum atomic E-state index is 13.3. The van der Waals surface area contributed by atoms with Gasteiger partial charge in [0.25, 0.3) is 0 Å². The molecule has 0 saturated heterocycles. The molecule has 1 aromatic carbocycles. The lowest BCUT2D eigenvalue weighted by molar-refractivity contribution is 0.580. The first kappa shape index (κ1) is 13.6. The Balaban J connectivity index is 2.40.